The number of halogens is 1. The summed E-state index contributed by atoms with van der Waals surface area (Å²) in [4.78, 5) is 7.06. The molecule has 1 unspecified atom stereocenters. The zero-order chi connectivity index (χ0) is 12.4. The van der Waals surface area contributed by atoms with Gasteiger partial charge in [0.25, 0.3) is 0 Å². The fourth-order valence-corrected chi connectivity index (χ4v) is 3.25. The van der Waals surface area contributed by atoms with Gasteiger partial charge in [-0.1, -0.05) is 40.2 Å². The lowest BCUT2D eigenvalue weighted by atomic mass is 10.1. The maximum absolute atomic E-state index is 4.53. The summed E-state index contributed by atoms with van der Waals surface area (Å²) in [5, 5.41) is 2.36. The highest BCUT2D eigenvalue weighted by atomic mass is 79.9. The molecule has 2 aromatic rings. The molecule has 2 nitrogen and oxygen atoms in total. The molecule has 18 heavy (non-hydrogen) atoms. The Hall–Kier alpha value is -0.930. The Morgan fingerprint density at radius 3 is 3.00 bits per heavy atom. The molecule has 2 heterocycles. The summed E-state index contributed by atoms with van der Waals surface area (Å²) in [7, 11) is 0. The first kappa shape index (κ1) is 12.1. The molecule has 3 rings (SSSR count). The molecule has 0 radical (unpaired) electrons. The fourth-order valence-electron chi connectivity index (χ4n) is 2.72. The van der Waals surface area contributed by atoms with Crippen molar-refractivity contribution in [3.63, 3.8) is 0 Å². The smallest absolute Gasteiger partial charge is 0.0746 e. The summed E-state index contributed by atoms with van der Waals surface area (Å²) in [5.74, 6) is 0.813. The zero-order valence-electron chi connectivity index (χ0n) is 10.3. The number of alkyl halides is 1. The summed E-state index contributed by atoms with van der Waals surface area (Å²) >= 11 is 3.59. The zero-order valence-corrected chi connectivity index (χ0v) is 11.9. The molecular weight excluding hydrogens is 288 g/mol. The molecule has 0 bridgehead atoms. The monoisotopic (exact) mass is 304 g/mol. The van der Waals surface area contributed by atoms with Gasteiger partial charge >= 0.3 is 0 Å². The van der Waals surface area contributed by atoms with Crippen LogP contribution in [-0.4, -0.2) is 28.3 Å². The second-order valence-corrected chi connectivity index (χ2v) is 5.68. The number of hydrogen-bond donors (Lipinski definition) is 0. The number of fused-ring (bicyclic) bond motifs is 1. The molecule has 0 amide bonds. The van der Waals surface area contributed by atoms with Crippen LogP contribution in [0, 0.1) is 5.92 Å². The minimum Gasteiger partial charge on any atom is -0.299 e. The molecule has 1 aliphatic heterocycles. The molecular formula is C15H17BrN2. The average molecular weight is 305 g/mol. The number of likely N-dealkylation sites (tertiary alicyclic amines) is 1. The Balaban J connectivity index is 1.83. The minimum atomic E-state index is 0.813. The van der Waals surface area contributed by atoms with E-state index >= 15 is 0 Å². The van der Waals surface area contributed by atoms with Crippen LogP contribution < -0.4 is 0 Å². The van der Waals surface area contributed by atoms with Crippen LogP contribution in [0.25, 0.3) is 10.9 Å². The highest BCUT2D eigenvalue weighted by Crippen LogP contribution is 2.23. The average Bonchev–Trinajstić information content (AvgIpc) is 2.87. The van der Waals surface area contributed by atoms with Crippen LogP contribution in [0.15, 0.2) is 36.5 Å². The number of benzene rings is 1. The first-order valence-electron chi connectivity index (χ1n) is 6.48. The lowest BCUT2D eigenvalue weighted by molar-refractivity contribution is 0.322. The first-order valence-corrected chi connectivity index (χ1v) is 7.60. The van der Waals surface area contributed by atoms with E-state index in [4.69, 9.17) is 0 Å². The van der Waals surface area contributed by atoms with Crippen LogP contribution in [-0.2, 0) is 6.54 Å². The van der Waals surface area contributed by atoms with Gasteiger partial charge in [0, 0.05) is 30.0 Å². The number of pyridine rings is 1. The standard InChI is InChI=1S/C15H17BrN2/c16-9-12-6-8-18(10-12)11-14-4-1-3-13-5-2-7-17-15(13)14/h1-5,7,12H,6,8-11H2. The van der Waals surface area contributed by atoms with Crippen molar-refractivity contribution in [3.8, 4) is 0 Å². The number of aromatic nitrogens is 1. The summed E-state index contributed by atoms with van der Waals surface area (Å²) < 4.78 is 0. The summed E-state index contributed by atoms with van der Waals surface area (Å²) in [6.07, 6.45) is 3.19. The van der Waals surface area contributed by atoms with Crippen molar-refractivity contribution in [2.45, 2.75) is 13.0 Å². The van der Waals surface area contributed by atoms with Crippen molar-refractivity contribution in [2.75, 3.05) is 18.4 Å². The quantitative estimate of drug-likeness (QED) is 0.808. The predicted octanol–water partition coefficient (Wildman–Crippen LogP) is 3.45. The van der Waals surface area contributed by atoms with Gasteiger partial charge in [-0.25, -0.2) is 0 Å². The largest absolute Gasteiger partial charge is 0.299 e. The molecule has 0 N–H and O–H groups in total. The third kappa shape index (κ3) is 2.43. The number of nitrogens with zero attached hydrogens (tertiary/aromatic N) is 2. The van der Waals surface area contributed by atoms with E-state index in [1.807, 2.05) is 12.3 Å². The lowest BCUT2D eigenvalue weighted by Crippen LogP contribution is -2.20. The predicted molar refractivity (Wildman–Crippen MR) is 78.9 cm³/mol. The van der Waals surface area contributed by atoms with Gasteiger partial charge in [0.2, 0.25) is 0 Å². The van der Waals surface area contributed by atoms with E-state index in [-0.39, 0.29) is 0 Å². The Morgan fingerprint density at radius 1 is 1.28 bits per heavy atom. The minimum absolute atomic E-state index is 0.813. The molecule has 1 fully saturated rings. The third-order valence-electron chi connectivity index (χ3n) is 3.70. The van der Waals surface area contributed by atoms with E-state index in [0.29, 0.717) is 0 Å². The molecule has 1 aliphatic rings. The van der Waals surface area contributed by atoms with E-state index < -0.39 is 0 Å². The van der Waals surface area contributed by atoms with Gasteiger partial charge in [-0.3, -0.25) is 9.88 Å². The Labute approximate surface area is 116 Å². The van der Waals surface area contributed by atoms with Gasteiger partial charge in [0.05, 0.1) is 5.52 Å². The van der Waals surface area contributed by atoms with Crippen molar-refractivity contribution in [1.82, 2.24) is 9.88 Å². The van der Waals surface area contributed by atoms with Crippen LogP contribution >= 0.6 is 15.9 Å². The Bertz CT molecular complexity index is 536. The number of rotatable bonds is 3. The van der Waals surface area contributed by atoms with Crippen molar-refractivity contribution in [1.29, 1.82) is 0 Å². The second kappa shape index (κ2) is 5.37. The van der Waals surface area contributed by atoms with Gasteiger partial charge in [-0.05, 0) is 30.5 Å². The van der Waals surface area contributed by atoms with E-state index in [1.54, 1.807) is 0 Å². The van der Waals surface area contributed by atoms with Crippen molar-refractivity contribution in [2.24, 2.45) is 5.92 Å². The maximum atomic E-state index is 4.53. The van der Waals surface area contributed by atoms with E-state index in [0.717, 1.165) is 23.3 Å². The molecule has 0 aliphatic carbocycles. The molecule has 1 aromatic heterocycles. The van der Waals surface area contributed by atoms with Crippen molar-refractivity contribution in [3.05, 3.63) is 42.1 Å². The highest BCUT2D eigenvalue weighted by molar-refractivity contribution is 9.09. The molecule has 0 spiro atoms. The topological polar surface area (TPSA) is 16.1 Å². The van der Waals surface area contributed by atoms with Gasteiger partial charge < -0.3 is 0 Å². The molecule has 1 atom stereocenters. The second-order valence-electron chi connectivity index (χ2n) is 5.04. The Morgan fingerprint density at radius 2 is 2.17 bits per heavy atom. The summed E-state index contributed by atoms with van der Waals surface area (Å²) in [5.41, 5.74) is 2.51. The highest BCUT2D eigenvalue weighted by Gasteiger charge is 2.21. The lowest BCUT2D eigenvalue weighted by Gasteiger charge is -2.16. The van der Waals surface area contributed by atoms with Gasteiger partial charge in [-0.15, -0.1) is 0 Å². The maximum Gasteiger partial charge on any atom is 0.0746 e. The van der Waals surface area contributed by atoms with E-state index in [1.165, 1.54) is 30.5 Å². The molecule has 3 heteroatoms. The summed E-state index contributed by atoms with van der Waals surface area (Å²) in [6.45, 7) is 3.44. The summed E-state index contributed by atoms with van der Waals surface area (Å²) in [6, 6.07) is 10.6. The third-order valence-corrected chi connectivity index (χ3v) is 4.61. The van der Waals surface area contributed by atoms with Crippen molar-refractivity contribution < 1.29 is 0 Å². The van der Waals surface area contributed by atoms with Gasteiger partial charge in [0.1, 0.15) is 0 Å². The van der Waals surface area contributed by atoms with Crippen LogP contribution in [0.4, 0.5) is 0 Å². The van der Waals surface area contributed by atoms with Crippen molar-refractivity contribution >= 4 is 26.8 Å². The van der Waals surface area contributed by atoms with Gasteiger partial charge in [-0.2, -0.15) is 0 Å². The molecule has 1 aromatic carbocycles. The SMILES string of the molecule is BrCC1CCN(Cc2cccc3cccnc23)C1. The van der Waals surface area contributed by atoms with E-state index in [2.05, 4.69) is 50.1 Å². The Kier molecular flexibility index (Phi) is 3.62. The number of hydrogen-bond acceptors (Lipinski definition) is 2. The first-order chi connectivity index (χ1) is 8.86. The molecule has 1 saturated heterocycles. The number of para-hydroxylation sites is 1. The van der Waals surface area contributed by atoms with Crippen LogP contribution in [0.5, 0.6) is 0 Å². The van der Waals surface area contributed by atoms with Gasteiger partial charge in [0.15, 0.2) is 0 Å². The molecule has 94 valence electrons. The van der Waals surface area contributed by atoms with Crippen LogP contribution in [0.3, 0.4) is 0 Å². The van der Waals surface area contributed by atoms with Crippen LogP contribution in [0.2, 0.25) is 0 Å². The van der Waals surface area contributed by atoms with E-state index in [9.17, 15) is 0 Å². The van der Waals surface area contributed by atoms with Crippen LogP contribution in [0.1, 0.15) is 12.0 Å². The fraction of sp³-hybridized carbons (Fsp3) is 0.400. The molecule has 0 saturated carbocycles. The normalized spacial score (nSPS) is 20.6.